The minimum atomic E-state index is 0. The number of nitrogens with zero attached hydrogens (tertiary/aromatic N) is 2. The molecule has 5 nitrogen and oxygen atoms in total. The Morgan fingerprint density at radius 3 is 2.28 bits per heavy atom. The fourth-order valence-electron chi connectivity index (χ4n) is 4.28. The van der Waals surface area contributed by atoms with Gasteiger partial charge in [-0.3, -0.25) is 9.69 Å². The first kappa shape index (κ1) is 25.2. The highest BCUT2D eigenvalue weighted by atomic mass is 35.5. The lowest BCUT2D eigenvalue weighted by molar-refractivity contribution is -0.125. The molecule has 3 rings (SSSR count). The maximum atomic E-state index is 12.4. The van der Waals surface area contributed by atoms with E-state index in [1.54, 1.807) is 0 Å². The molecule has 3 aliphatic heterocycles. The number of amides is 1. The van der Waals surface area contributed by atoms with Crippen molar-refractivity contribution in [3.05, 3.63) is 0 Å². The topological polar surface area (TPSA) is 47.6 Å². The number of hydrogen-bond acceptors (Lipinski definition) is 4. The molecular weight excluding hydrogens is 383 g/mol. The number of piperidine rings is 2. The molecule has 0 aromatic heterocycles. The van der Waals surface area contributed by atoms with Crippen LogP contribution in [0.4, 0.5) is 0 Å². The highest BCUT2D eigenvalue weighted by molar-refractivity contribution is 5.86. The Morgan fingerprint density at radius 1 is 1.08 bits per heavy atom. The summed E-state index contributed by atoms with van der Waals surface area (Å²) in [6, 6.07) is 0. The summed E-state index contributed by atoms with van der Waals surface area (Å²) in [7, 11) is 2.21. The summed E-state index contributed by atoms with van der Waals surface area (Å²) in [5, 5.41) is 6.60. The summed E-state index contributed by atoms with van der Waals surface area (Å²) >= 11 is 0. The largest absolute Gasteiger partial charge is 0.354 e. The number of nitrogens with one attached hydrogen (secondary N) is 2. The molecule has 0 saturated carbocycles. The molecule has 3 heterocycles. The van der Waals surface area contributed by atoms with Crippen molar-refractivity contribution in [3.8, 4) is 0 Å². The average Bonchev–Trinajstić information content (AvgIpc) is 3.10. The molecule has 0 spiro atoms. The van der Waals surface area contributed by atoms with Crippen molar-refractivity contribution in [1.82, 2.24) is 20.4 Å². The van der Waals surface area contributed by atoms with Gasteiger partial charge in [-0.1, -0.05) is 6.42 Å². The minimum absolute atomic E-state index is 0. The number of likely N-dealkylation sites (tertiary alicyclic amines) is 2. The quantitative estimate of drug-likeness (QED) is 0.734. The Hall–Kier alpha value is 0.220. The highest BCUT2D eigenvalue weighted by Gasteiger charge is 2.40. The van der Waals surface area contributed by atoms with E-state index < -0.39 is 0 Å². The fraction of sp³-hybridized carbons (Fsp3) is 0.941. The van der Waals surface area contributed by atoms with Crippen LogP contribution in [0.25, 0.3) is 0 Å². The lowest BCUT2D eigenvalue weighted by Crippen LogP contribution is -2.61. The van der Waals surface area contributed by atoms with E-state index in [0.717, 1.165) is 39.1 Å². The first-order chi connectivity index (χ1) is 10.7. The van der Waals surface area contributed by atoms with Gasteiger partial charge in [0.15, 0.2) is 0 Å². The Bertz CT molecular complexity index is 380. The van der Waals surface area contributed by atoms with E-state index in [4.69, 9.17) is 0 Å². The Labute approximate surface area is 171 Å². The van der Waals surface area contributed by atoms with E-state index >= 15 is 0 Å². The van der Waals surface area contributed by atoms with E-state index in [-0.39, 0.29) is 54.6 Å². The summed E-state index contributed by atoms with van der Waals surface area (Å²) < 4.78 is 0. The molecule has 1 unspecified atom stereocenters. The maximum absolute atomic E-state index is 12.4. The van der Waals surface area contributed by atoms with Gasteiger partial charge in [0.25, 0.3) is 0 Å². The number of rotatable bonds is 4. The second-order valence-corrected chi connectivity index (χ2v) is 7.48. The van der Waals surface area contributed by atoms with Crippen LogP contribution in [-0.2, 0) is 4.79 Å². The van der Waals surface area contributed by atoms with Crippen molar-refractivity contribution >= 4 is 43.1 Å². The predicted molar refractivity (Wildman–Crippen MR) is 111 cm³/mol. The summed E-state index contributed by atoms with van der Waals surface area (Å²) in [5.41, 5.74) is 0.203. The molecule has 150 valence electrons. The van der Waals surface area contributed by atoms with Gasteiger partial charge in [0, 0.05) is 18.6 Å². The highest BCUT2D eigenvalue weighted by Crippen LogP contribution is 2.31. The van der Waals surface area contributed by atoms with Gasteiger partial charge < -0.3 is 15.5 Å². The number of carbonyl (C=O) groups excluding carboxylic acids is 1. The maximum Gasteiger partial charge on any atom is 0.224 e. The first-order valence-electron chi connectivity index (χ1n) is 9.12. The normalized spacial score (nSPS) is 26.7. The molecule has 2 N–H and O–H groups in total. The van der Waals surface area contributed by atoms with Crippen LogP contribution in [0.5, 0.6) is 0 Å². The summed E-state index contributed by atoms with van der Waals surface area (Å²) in [6.45, 7) is 7.41. The van der Waals surface area contributed by atoms with Gasteiger partial charge in [0.2, 0.25) is 5.91 Å². The van der Waals surface area contributed by atoms with Crippen molar-refractivity contribution < 1.29 is 4.79 Å². The van der Waals surface area contributed by atoms with E-state index in [0.29, 0.717) is 0 Å². The Kier molecular flexibility index (Phi) is 11.9. The monoisotopic (exact) mass is 416 g/mol. The van der Waals surface area contributed by atoms with Crippen molar-refractivity contribution in [2.45, 2.75) is 44.1 Å². The van der Waals surface area contributed by atoms with Crippen molar-refractivity contribution in [1.29, 1.82) is 0 Å². The molecule has 0 aromatic carbocycles. The van der Waals surface area contributed by atoms with Gasteiger partial charge in [-0.05, 0) is 71.9 Å². The van der Waals surface area contributed by atoms with E-state index in [9.17, 15) is 4.79 Å². The van der Waals surface area contributed by atoms with Gasteiger partial charge in [-0.25, -0.2) is 0 Å². The number of halogens is 3. The lowest BCUT2D eigenvalue weighted by atomic mass is 9.84. The Balaban J connectivity index is 0.00000192. The van der Waals surface area contributed by atoms with Gasteiger partial charge in [0.05, 0.1) is 5.92 Å². The second kappa shape index (κ2) is 11.8. The van der Waals surface area contributed by atoms with Crippen LogP contribution in [0.15, 0.2) is 0 Å². The van der Waals surface area contributed by atoms with Gasteiger partial charge in [-0.15, -0.1) is 37.2 Å². The SMILES string of the molecule is CN1CCC(CNC(=O)C2CCNC2)(N2CCCCC2)CC1.Cl.Cl.Cl. The summed E-state index contributed by atoms with van der Waals surface area (Å²) in [6.07, 6.45) is 7.37. The predicted octanol–water partition coefficient (Wildman–Crippen LogP) is 1.93. The number of carbonyl (C=O) groups is 1. The summed E-state index contributed by atoms with van der Waals surface area (Å²) in [5.74, 6) is 0.449. The molecule has 3 fully saturated rings. The third-order valence-electron chi connectivity index (χ3n) is 5.97. The molecule has 8 heteroatoms. The standard InChI is InChI=1S/C17H32N4O.3ClH/c1-20-11-6-17(7-12-20,21-9-3-2-4-10-21)14-19-16(22)15-5-8-18-13-15;;;/h15,18H,2-14H2,1H3,(H,19,22);3*1H. The van der Waals surface area contributed by atoms with Crippen LogP contribution in [0.2, 0.25) is 0 Å². The third-order valence-corrected chi connectivity index (χ3v) is 5.97. The average molecular weight is 418 g/mol. The zero-order chi connectivity index (χ0) is 15.4. The van der Waals surface area contributed by atoms with Crippen molar-refractivity contribution in [2.24, 2.45) is 5.92 Å². The van der Waals surface area contributed by atoms with Gasteiger partial charge in [-0.2, -0.15) is 0 Å². The molecule has 0 aromatic rings. The molecular formula is C17H35Cl3N4O. The smallest absolute Gasteiger partial charge is 0.224 e. The molecule has 25 heavy (non-hydrogen) atoms. The van der Waals surface area contributed by atoms with Gasteiger partial charge >= 0.3 is 0 Å². The third kappa shape index (κ3) is 6.40. The van der Waals surface area contributed by atoms with E-state index in [1.165, 1.54) is 45.2 Å². The zero-order valence-corrected chi connectivity index (χ0v) is 17.7. The van der Waals surface area contributed by atoms with E-state index in [1.807, 2.05) is 0 Å². The van der Waals surface area contributed by atoms with Crippen molar-refractivity contribution in [2.75, 3.05) is 52.9 Å². The molecule has 1 amide bonds. The molecule has 1 atom stereocenters. The van der Waals surface area contributed by atoms with Crippen LogP contribution >= 0.6 is 37.2 Å². The fourth-order valence-corrected chi connectivity index (χ4v) is 4.28. The molecule has 3 saturated heterocycles. The van der Waals surface area contributed by atoms with Crippen LogP contribution in [0.3, 0.4) is 0 Å². The second-order valence-electron chi connectivity index (χ2n) is 7.48. The molecule has 0 bridgehead atoms. The molecule has 3 aliphatic rings. The number of hydrogen-bond donors (Lipinski definition) is 2. The van der Waals surface area contributed by atoms with Crippen LogP contribution in [0.1, 0.15) is 38.5 Å². The minimum Gasteiger partial charge on any atom is -0.354 e. The van der Waals surface area contributed by atoms with Crippen LogP contribution in [-0.4, -0.2) is 74.1 Å². The van der Waals surface area contributed by atoms with Gasteiger partial charge in [0.1, 0.15) is 0 Å². The molecule has 0 aliphatic carbocycles. The van der Waals surface area contributed by atoms with Crippen LogP contribution in [0, 0.1) is 5.92 Å². The van der Waals surface area contributed by atoms with E-state index in [2.05, 4.69) is 27.5 Å². The van der Waals surface area contributed by atoms with Crippen molar-refractivity contribution in [3.63, 3.8) is 0 Å². The zero-order valence-electron chi connectivity index (χ0n) is 15.3. The Morgan fingerprint density at radius 2 is 1.72 bits per heavy atom. The summed E-state index contributed by atoms with van der Waals surface area (Å²) in [4.78, 5) is 17.5. The molecule has 0 radical (unpaired) electrons. The lowest BCUT2D eigenvalue weighted by Gasteiger charge is -2.50. The first-order valence-corrected chi connectivity index (χ1v) is 9.12. The van der Waals surface area contributed by atoms with Crippen LogP contribution < -0.4 is 10.6 Å².